The van der Waals surface area contributed by atoms with Crippen LogP contribution in [0.15, 0.2) is 12.3 Å². The molecule has 5 heteroatoms. The van der Waals surface area contributed by atoms with E-state index in [0.29, 0.717) is 5.88 Å². The third-order valence-electron chi connectivity index (χ3n) is 2.43. The molecule has 1 amide bonds. The van der Waals surface area contributed by atoms with E-state index >= 15 is 0 Å². The number of H-pyrrole nitrogens is 1. The van der Waals surface area contributed by atoms with E-state index in [-0.39, 0.29) is 12.3 Å². The van der Waals surface area contributed by atoms with Crippen LogP contribution in [0, 0.1) is 6.92 Å². The Kier molecular flexibility index (Phi) is 2.52. The van der Waals surface area contributed by atoms with Gasteiger partial charge in [-0.1, -0.05) is 0 Å². The van der Waals surface area contributed by atoms with Gasteiger partial charge >= 0.3 is 0 Å². The van der Waals surface area contributed by atoms with Crippen LogP contribution in [0.3, 0.4) is 0 Å². The number of carbonyl (C=O) groups excluding carboxylic acids is 1. The van der Waals surface area contributed by atoms with E-state index in [2.05, 4.69) is 9.97 Å². The highest BCUT2D eigenvalue weighted by molar-refractivity contribution is 5.86. The van der Waals surface area contributed by atoms with Gasteiger partial charge < -0.3 is 15.5 Å². The molecule has 0 aliphatic heterocycles. The summed E-state index contributed by atoms with van der Waals surface area (Å²) < 4.78 is 5.14. The molecular formula is C11H13N3O2. The number of nitrogens with two attached hydrogens (primary N) is 1. The van der Waals surface area contributed by atoms with E-state index in [9.17, 15) is 4.79 Å². The lowest BCUT2D eigenvalue weighted by Crippen LogP contribution is -2.13. The fourth-order valence-corrected chi connectivity index (χ4v) is 1.71. The Hall–Kier alpha value is -2.04. The normalized spacial score (nSPS) is 10.6. The summed E-state index contributed by atoms with van der Waals surface area (Å²) in [4.78, 5) is 18.3. The number of rotatable bonds is 3. The van der Waals surface area contributed by atoms with Crippen LogP contribution in [0.5, 0.6) is 5.88 Å². The first kappa shape index (κ1) is 10.5. The molecule has 84 valence electrons. The topological polar surface area (TPSA) is 81.0 Å². The third-order valence-corrected chi connectivity index (χ3v) is 2.43. The van der Waals surface area contributed by atoms with E-state index in [4.69, 9.17) is 10.5 Å². The molecule has 0 aliphatic rings. The Morgan fingerprint density at radius 3 is 3.00 bits per heavy atom. The van der Waals surface area contributed by atoms with Crippen molar-refractivity contribution in [1.29, 1.82) is 0 Å². The lowest BCUT2D eigenvalue weighted by Gasteiger charge is -2.03. The third kappa shape index (κ3) is 1.71. The van der Waals surface area contributed by atoms with Gasteiger partial charge in [-0.05, 0) is 13.0 Å². The molecule has 16 heavy (non-hydrogen) atoms. The summed E-state index contributed by atoms with van der Waals surface area (Å²) in [5.41, 5.74) is 8.52. The number of aromatic amines is 1. The number of carbonyl (C=O) groups is 1. The highest BCUT2D eigenvalue weighted by atomic mass is 16.5. The quantitative estimate of drug-likeness (QED) is 0.805. The molecule has 0 aromatic carbocycles. The van der Waals surface area contributed by atoms with Crippen LogP contribution in [-0.2, 0) is 11.2 Å². The molecule has 0 spiro atoms. The zero-order chi connectivity index (χ0) is 11.7. The summed E-state index contributed by atoms with van der Waals surface area (Å²) in [7, 11) is 1.57. The van der Waals surface area contributed by atoms with Gasteiger partial charge in [0.2, 0.25) is 11.8 Å². The first-order valence-corrected chi connectivity index (χ1v) is 4.91. The largest absolute Gasteiger partial charge is 0.481 e. The lowest BCUT2D eigenvalue weighted by molar-refractivity contribution is -0.117. The summed E-state index contributed by atoms with van der Waals surface area (Å²) in [6.45, 7) is 1.92. The number of fused-ring (bicyclic) bond motifs is 1. The van der Waals surface area contributed by atoms with Crippen molar-refractivity contribution >= 4 is 16.9 Å². The predicted molar refractivity (Wildman–Crippen MR) is 60.3 cm³/mol. The number of hydrogen-bond acceptors (Lipinski definition) is 3. The zero-order valence-corrected chi connectivity index (χ0v) is 9.20. The molecular weight excluding hydrogens is 206 g/mol. The molecule has 0 aliphatic carbocycles. The van der Waals surface area contributed by atoms with Crippen molar-refractivity contribution in [1.82, 2.24) is 9.97 Å². The second kappa shape index (κ2) is 3.84. The summed E-state index contributed by atoms with van der Waals surface area (Å²) in [5.74, 6) is 0.195. The maximum atomic E-state index is 10.9. The van der Waals surface area contributed by atoms with E-state index in [1.165, 1.54) is 0 Å². The van der Waals surface area contributed by atoms with Crippen LogP contribution in [0.2, 0.25) is 0 Å². The van der Waals surface area contributed by atoms with E-state index < -0.39 is 0 Å². The van der Waals surface area contributed by atoms with Crippen LogP contribution in [0.4, 0.5) is 0 Å². The summed E-state index contributed by atoms with van der Waals surface area (Å²) in [5, 5.41) is 0. The maximum Gasteiger partial charge on any atom is 0.221 e. The van der Waals surface area contributed by atoms with Crippen molar-refractivity contribution in [2.45, 2.75) is 13.3 Å². The molecule has 2 aromatic rings. The molecule has 0 atom stereocenters. The minimum Gasteiger partial charge on any atom is -0.481 e. The molecule has 2 heterocycles. The molecule has 0 saturated heterocycles. The highest BCUT2D eigenvalue weighted by Crippen LogP contribution is 2.23. The van der Waals surface area contributed by atoms with E-state index in [0.717, 1.165) is 22.2 Å². The van der Waals surface area contributed by atoms with Gasteiger partial charge in [0.05, 0.1) is 24.6 Å². The lowest BCUT2D eigenvalue weighted by atomic mass is 10.2. The number of aryl methyl sites for hydroxylation is 1. The highest BCUT2D eigenvalue weighted by Gasteiger charge is 2.10. The minimum atomic E-state index is -0.373. The molecule has 0 fully saturated rings. The average molecular weight is 219 g/mol. The molecule has 0 saturated carbocycles. The molecule has 0 radical (unpaired) electrons. The maximum absolute atomic E-state index is 10.9. The van der Waals surface area contributed by atoms with Crippen molar-refractivity contribution in [3.8, 4) is 5.88 Å². The Balaban J connectivity index is 2.57. The average Bonchev–Trinajstić information content (AvgIpc) is 2.59. The van der Waals surface area contributed by atoms with Gasteiger partial charge in [0.15, 0.2) is 0 Å². The predicted octanol–water partition coefficient (Wildman–Crippen LogP) is 0.908. The Morgan fingerprint density at radius 2 is 2.38 bits per heavy atom. The van der Waals surface area contributed by atoms with Gasteiger partial charge in [-0.3, -0.25) is 4.79 Å². The minimum absolute atomic E-state index is 0.180. The number of primary amides is 1. The number of pyridine rings is 1. The Labute approximate surface area is 92.6 Å². The second-order valence-corrected chi connectivity index (χ2v) is 3.67. The molecule has 5 nitrogen and oxygen atoms in total. The Morgan fingerprint density at radius 1 is 1.62 bits per heavy atom. The van der Waals surface area contributed by atoms with Crippen molar-refractivity contribution < 1.29 is 9.53 Å². The molecule has 2 aromatic heterocycles. The number of methoxy groups -OCH3 is 1. The first-order valence-electron chi connectivity index (χ1n) is 4.91. The first-order chi connectivity index (χ1) is 7.61. The van der Waals surface area contributed by atoms with Gasteiger partial charge in [0.1, 0.15) is 0 Å². The van der Waals surface area contributed by atoms with Gasteiger partial charge in [-0.25, -0.2) is 4.98 Å². The molecule has 0 bridgehead atoms. The van der Waals surface area contributed by atoms with Crippen LogP contribution >= 0.6 is 0 Å². The SMILES string of the molecule is COc1nc2c(CC(N)=O)c[nH]c2cc1C. The molecule has 0 unspecified atom stereocenters. The number of hydrogen-bond donors (Lipinski definition) is 2. The molecule has 2 rings (SSSR count). The fourth-order valence-electron chi connectivity index (χ4n) is 1.71. The number of aromatic nitrogens is 2. The molecule has 3 N–H and O–H groups in total. The van der Waals surface area contributed by atoms with E-state index in [1.807, 2.05) is 13.0 Å². The van der Waals surface area contributed by atoms with Crippen LogP contribution in [0.25, 0.3) is 11.0 Å². The van der Waals surface area contributed by atoms with Gasteiger partial charge in [-0.2, -0.15) is 0 Å². The summed E-state index contributed by atoms with van der Waals surface area (Å²) in [6, 6.07) is 1.94. The van der Waals surface area contributed by atoms with Crippen LogP contribution in [-0.4, -0.2) is 23.0 Å². The number of nitrogens with zero attached hydrogens (tertiary/aromatic N) is 1. The van der Waals surface area contributed by atoms with Gasteiger partial charge in [-0.15, -0.1) is 0 Å². The van der Waals surface area contributed by atoms with Crippen molar-refractivity contribution in [2.75, 3.05) is 7.11 Å². The number of amides is 1. The van der Waals surface area contributed by atoms with Crippen molar-refractivity contribution in [3.05, 3.63) is 23.4 Å². The van der Waals surface area contributed by atoms with Crippen LogP contribution in [0.1, 0.15) is 11.1 Å². The van der Waals surface area contributed by atoms with Gasteiger partial charge in [0.25, 0.3) is 0 Å². The summed E-state index contributed by atoms with van der Waals surface area (Å²) >= 11 is 0. The van der Waals surface area contributed by atoms with E-state index in [1.54, 1.807) is 13.3 Å². The van der Waals surface area contributed by atoms with Gasteiger partial charge in [0, 0.05) is 17.3 Å². The monoisotopic (exact) mass is 219 g/mol. The zero-order valence-electron chi connectivity index (χ0n) is 9.20. The van der Waals surface area contributed by atoms with Crippen molar-refractivity contribution in [3.63, 3.8) is 0 Å². The standard InChI is InChI=1S/C11H13N3O2/c1-6-3-8-10(14-11(6)16-2)7(5-13-8)4-9(12)15/h3,5,13H,4H2,1-2H3,(H2,12,15). The number of nitrogens with one attached hydrogen (secondary N) is 1. The van der Waals surface area contributed by atoms with Crippen molar-refractivity contribution in [2.24, 2.45) is 5.73 Å². The fraction of sp³-hybridized carbons (Fsp3) is 0.273. The smallest absolute Gasteiger partial charge is 0.221 e. The number of ether oxygens (including phenoxy) is 1. The van der Waals surface area contributed by atoms with Crippen LogP contribution < -0.4 is 10.5 Å². The summed E-state index contributed by atoms with van der Waals surface area (Å²) in [6.07, 6.45) is 1.93. The Bertz CT molecular complexity index is 545. The second-order valence-electron chi connectivity index (χ2n) is 3.67.